The van der Waals surface area contributed by atoms with Crippen LogP contribution in [-0.4, -0.2) is 128 Å². The van der Waals surface area contributed by atoms with Crippen LogP contribution in [0.5, 0.6) is 34.5 Å². The average molecular weight is 1850 g/mol. The van der Waals surface area contributed by atoms with Crippen molar-refractivity contribution < 1.29 is 101 Å². The molecule has 111 heavy (non-hydrogen) atoms. The van der Waals surface area contributed by atoms with E-state index in [9.17, 15) is 55.7 Å². The van der Waals surface area contributed by atoms with E-state index >= 15 is 0 Å². The van der Waals surface area contributed by atoms with Gasteiger partial charge >= 0.3 is 30.6 Å². The number of benzene rings is 6. The van der Waals surface area contributed by atoms with E-state index in [1.165, 1.54) is 120 Å². The molecule has 0 saturated carbocycles. The van der Waals surface area contributed by atoms with Gasteiger partial charge in [-0.2, -0.15) is 0 Å². The molecule has 21 nitrogen and oxygen atoms in total. The van der Waals surface area contributed by atoms with Crippen LogP contribution in [0.25, 0.3) is 31.7 Å². The standard InChI is InChI=1S/C18H11Cl2F3N2O3S.C13H11Cl2NO3S.C10H5Cl2NO3S.C8H8F3NO.C7H5BCl2O.C6H6BrNO2S.C6H14O2.2CH4.H2/c19-12-5-10(6-13(20)15(12)26)17-25-14(8-29-17)16(27)24-7-9-2-1-3-11(4-9)28-18(21,22)23;1-3-19-13(17)10-6-20-12(16-10)7-4-8(14)11(18-2)9(15)5-7;11-5-1-4(2-6(12)8(5)14)9-13-7(3-17-9)10(15)16;9-8(10,11)13-7-3-1-2-6(4-7)5-12;1-11-7-5(9)2-4(8)3-6(7)10;1-2-10-5(9)4-3-11-6(7)8-4;1-5(2,7)6(3,4)8;;;/h1-6,8,26H,7H2,(H,24,27);4-6H,3H2,1-2H3;1-3,14H,(H,15,16);1-4H,5,12H2;2-3H,1H3;3H,2H2,1H3;7-8H,1-4H3;2*1H4;1H/i;;;;;;;;;1+1. The zero-order valence-corrected chi connectivity index (χ0v) is 68.3. The maximum absolute atomic E-state index is 12.3. The molecule has 0 saturated heterocycles. The minimum atomic E-state index is -4.79. The predicted molar refractivity (Wildman–Crippen MR) is 433 cm³/mol. The van der Waals surface area contributed by atoms with Crippen molar-refractivity contribution in [2.24, 2.45) is 5.73 Å². The van der Waals surface area contributed by atoms with Gasteiger partial charge < -0.3 is 65.0 Å². The number of halogens is 15. The van der Waals surface area contributed by atoms with Crippen molar-refractivity contribution in [2.75, 3.05) is 27.4 Å². The molecule has 0 aliphatic carbocycles. The van der Waals surface area contributed by atoms with Crippen LogP contribution >= 0.6 is 154 Å². The van der Waals surface area contributed by atoms with Gasteiger partial charge in [-0.15, -0.1) is 71.7 Å². The number of rotatable bonds is 17. The molecular weight excluding hydrogens is 1780 g/mol. The number of phenolic OH excluding ortho intramolecular Hbond substituents is 2. The SMILES string of the molecule is C.C.CC(C)(O)C(C)(C)O.CCOC(=O)c1csc(-c2cc(Cl)c(OC)c(Cl)c2)n1.CCOC(=O)c1csc(Br)n1.NCc1cccc(OC(F)(F)F)c1.O=C(NCc1cccc(OC(F)(F)F)c1)c1csc(-c2cc(Cl)c(O)c(Cl)c2)n1.O=C(O)c1csc(-c2cc(Cl)c(O)c(Cl)c2)n1.[2HH].[B]c1cc(Cl)c(OC)c(Cl)c1. The number of aromatic carboxylic acids is 1. The van der Waals surface area contributed by atoms with Crippen molar-refractivity contribution >= 4 is 191 Å². The quantitative estimate of drug-likeness (QED) is 0.0253. The van der Waals surface area contributed by atoms with Gasteiger partial charge in [0.25, 0.3) is 5.91 Å². The van der Waals surface area contributed by atoms with Crippen LogP contribution in [0.2, 0.25) is 40.2 Å². The van der Waals surface area contributed by atoms with E-state index in [2.05, 4.69) is 50.7 Å². The monoisotopic (exact) mass is 1850 g/mol. The number of aliphatic hydroxyl groups is 2. The lowest BCUT2D eigenvalue weighted by molar-refractivity contribution is -0.275. The number of nitrogens with one attached hydrogen (secondary N) is 1. The van der Waals surface area contributed by atoms with Crippen LogP contribution in [-0.2, 0) is 22.6 Å². The van der Waals surface area contributed by atoms with E-state index in [1.54, 1.807) is 88.7 Å². The van der Waals surface area contributed by atoms with Crippen molar-refractivity contribution in [3.8, 4) is 66.2 Å². The van der Waals surface area contributed by atoms with Crippen LogP contribution in [0, 0.1) is 0 Å². The van der Waals surface area contributed by atoms with Crippen LogP contribution in [0.1, 0.15) is 111 Å². The lowest BCUT2D eigenvalue weighted by Crippen LogP contribution is -2.44. The molecule has 0 atom stereocenters. The first-order valence-corrected chi connectivity index (χ1v) is 37.5. The number of ether oxygens (including phenoxy) is 6. The largest absolute Gasteiger partial charge is 0.573 e. The molecular formula is C70H70BBrCl8F6N6O15S4. The smallest absolute Gasteiger partial charge is 0.505 e. The van der Waals surface area contributed by atoms with Gasteiger partial charge in [0.1, 0.15) is 40.1 Å². The van der Waals surface area contributed by atoms with Gasteiger partial charge in [-0.3, -0.25) is 4.79 Å². The van der Waals surface area contributed by atoms with Gasteiger partial charge in [-0.25, -0.2) is 34.3 Å². The number of esters is 2. The summed E-state index contributed by atoms with van der Waals surface area (Å²) >= 11 is 55.1. The molecule has 4 aromatic heterocycles. The Hall–Kier alpha value is -7.16. The number of thiazole rings is 4. The number of hydrogen-bond donors (Lipinski definition) is 7. The van der Waals surface area contributed by atoms with Gasteiger partial charge in [0.15, 0.2) is 44.0 Å². The number of amides is 1. The number of carbonyl (C=O) groups excluding carboxylic acids is 3. The highest BCUT2D eigenvalue weighted by Gasteiger charge is 2.33. The summed E-state index contributed by atoms with van der Waals surface area (Å²) < 4.78 is 99.9. The molecule has 0 fully saturated rings. The molecule has 8 N–H and O–H groups in total. The Labute approximate surface area is 701 Å². The molecule has 0 aliphatic rings. The van der Waals surface area contributed by atoms with Gasteiger partial charge in [0.05, 0.1) is 78.8 Å². The normalized spacial score (nSPS) is 10.7. The number of carboxylic acids is 1. The van der Waals surface area contributed by atoms with Crippen molar-refractivity contribution in [3.63, 3.8) is 0 Å². The number of carboxylic acid groups (broad SMARTS) is 1. The number of aromatic hydroxyl groups is 2. The van der Waals surface area contributed by atoms with Gasteiger partial charge in [-0.05, 0) is 141 Å². The fourth-order valence-electron chi connectivity index (χ4n) is 7.30. The molecule has 602 valence electrons. The summed E-state index contributed by atoms with van der Waals surface area (Å²) in [6, 6.07) is 23.3. The van der Waals surface area contributed by atoms with Crippen molar-refractivity contribution in [1.82, 2.24) is 25.3 Å². The minimum Gasteiger partial charge on any atom is -0.505 e. The van der Waals surface area contributed by atoms with Crippen LogP contribution < -0.4 is 35.5 Å². The number of alkyl halides is 6. The van der Waals surface area contributed by atoms with Gasteiger partial charge in [-0.1, -0.05) is 137 Å². The number of phenols is 2. The molecule has 0 aliphatic heterocycles. The average Bonchev–Trinajstić information content (AvgIpc) is 1.65. The maximum Gasteiger partial charge on any atom is 0.573 e. The fraction of sp³-hybridized carbons (Fsp3) is 0.257. The number of nitrogens with two attached hydrogens (primary N) is 1. The molecule has 10 aromatic rings. The Morgan fingerprint density at radius 2 is 0.865 bits per heavy atom. The van der Waals surface area contributed by atoms with Crippen LogP contribution in [0.3, 0.4) is 0 Å². The second kappa shape index (κ2) is 46.3. The summed E-state index contributed by atoms with van der Waals surface area (Å²) in [5.74, 6) is -2.60. The summed E-state index contributed by atoms with van der Waals surface area (Å²) in [4.78, 5) is 61.7. The summed E-state index contributed by atoms with van der Waals surface area (Å²) in [5, 5.41) is 58.3. The third-order valence-corrected chi connectivity index (χ3v) is 19.4. The fourth-order valence-corrected chi connectivity index (χ4v) is 12.9. The topological polar surface area (TPSA) is 314 Å². The highest BCUT2D eigenvalue weighted by atomic mass is 79.9. The summed E-state index contributed by atoms with van der Waals surface area (Å²) in [7, 11) is 8.46. The first-order chi connectivity index (χ1) is 50.8. The highest BCUT2D eigenvalue weighted by molar-refractivity contribution is 9.11. The zero-order valence-electron chi connectivity index (χ0n) is 57.4. The Kier molecular flexibility index (Phi) is 41.6. The number of hydrogen-bond acceptors (Lipinski definition) is 23. The number of aromatic nitrogens is 4. The molecule has 0 bridgehead atoms. The highest BCUT2D eigenvalue weighted by Crippen LogP contribution is 2.41. The maximum atomic E-state index is 12.3. The lowest BCUT2D eigenvalue weighted by Gasteiger charge is -2.31. The summed E-state index contributed by atoms with van der Waals surface area (Å²) in [6.07, 6.45) is -9.44. The van der Waals surface area contributed by atoms with Crippen molar-refractivity contribution in [2.45, 2.75) is 93.4 Å². The summed E-state index contributed by atoms with van der Waals surface area (Å²) in [5.41, 5.74) is 7.32. The molecule has 0 unspecified atom stereocenters. The minimum absolute atomic E-state index is 0. The van der Waals surface area contributed by atoms with Gasteiger partial charge in [0.2, 0.25) is 0 Å². The zero-order chi connectivity index (χ0) is 82.1. The van der Waals surface area contributed by atoms with E-state index in [4.69, 9.17) is 141 Å². The molecule has 4 heterocycles. The number of nitrogens with zero attached hydrogens (tertiary/aromatic N) is 4. The first kappa shape index (κ1) is 99.9. The third-order valence-electron chi connectivity index (χ3n) is 13.1. The Balaban J connectivity index is 0.000000676. The van der Waals surface area contributed by atoms with E-state index in [0.29, 0.717) is 97.2 Å². The van der Waals surface area contributed by atoms with E-state index < -0.39 is 41.8 Å². The Morgan fingerprint density at radius 1 is 0.532 bits per heavy atom. The molecule has 10 rings (SSSR count). The molecule has 1 amide bonds. The summed E-state index contributed by atoms with van der Waals surface area (Å²) in [6.45, 7) is 10.7. The predicted octanol–water partition coefficient (Wildman–Crippen LogP) is 21.4. The van der Waals surface area contributed by atoms with E-state index in [0.717, 1.165) is 16.9 Å². The molecule has 2 radical (unpaired) electrons. The number of methoxy groups -OCH3 is 2. The van der Waals surface area contributed by atoms with E-state index in [-0.39, 0.29) is 95.5 Å². The lowest BCUT2D eigenvalue weighted by atomic mass is 9.90. The van der Waals surface area contributed by atoms with Crippen molar-refractivity contribution in [1.29, 1.82) is 0 Å². The second-order valence-corrected chi connectivity index (χ2v) is 29.8. The molecule has 6 aromatic carbocycles. The Bertz CT molecular complexity index is 4630. The van der Waals surface area contributed by atoms with Crippen LogP contribution in [0.15, 0.2) is 122 Å². The number of carbonyl (C=O) groups is 4. The first-order valence-electron chi connectivity index (χ1n) is 30.2. The van der Waals surface area contributed by atoms with Gasteiger partial charge in [0, 0.05) is 52.7 Å². The van der Waals surface area contributed by atoms with E-state index in [1.807, 2.05) is 0 Å². The van der Waals surface area contributed by atoms with Crippen molar-refractivity contribution in [3.05, 3.63) is 197 Å². The second-order valence-electron chi connectivity index (χ2n) is 21.8. The Morgan fingerprint density at radius 3 is 1.21 bits per heavy atom. The molecule has 41 heteroatoms. The third kappa shape index (κ3) is 33.4. The molecule has 0 spiro atoms. The van der Waals surface area contributed by atoms with Crippen LogP contribution in [0.4, 0.5) is 26.3 Å².